The molecule has 0 fully saturated rings. The summed E-state index contributed by atoms with van der Waals surface area (Å²) in [6.45, 7) is 5.53. The third-order valence-corrected chi connectivity index (χ3v) is 3.57. The molecule has 24 heavy (non-hydrogen) atoms. The van der Waals surface area contributed by atoms with Gasteiger partial charge in [0.25, 0.3) is 5.91 Å². The molecule has 2 N–H and O–H groups in total. The molecule has 1 aromatic carbocycles. The van der Waals surface area contributed by atoms with Crippen molar-refractivity contribution in [2.75, 3.05) is 20.1 Å². The molecule has 6 nitrogen and oxygen atoms in total. The molecule has 0 radical (unpaired) electrons. The number of para-hydroxylation sites is 1. The number of amides is 1. The molecular formula is C17H24ClN3O3. The van der Waals surface area contributed by atoms with Crippen molar-refractivity contribution in [1.29, 1.82) is 0 Å². The third-order valence-electron chi connectivity index (χ3n) is 3.57. The van der Waals surface area contributed by atoms with E-state index in [4.69, 9.17) is 9.26 Å². The molecule has 0 aliphatic heterocycles. The predicted molar refractivity (Wildman–Crippen MR) is 94.9 cm³/mol. The molecule has 132 valence electrons. The Morgan fingerprint density at radius 3 is 2.67 bits per heavy atom. The second-order valence-electron chi connectivity index (χ2n) is 5.30. The number of carbonyl (C=O) groups excluding carboxylic acids is 1. The van der Waals surface area contributed by atoms with Crippen LogP contribution in [0.1, 0.15) is 33.8 Å². The van der Waals surface area contributed by atoms with Crippen LogP contribution in [0.2, 0.25) is 0 Å². The van der Waals surface area contributed by atoms with E-state index in [1.54, 1.807) is 12.1 Å². The predicted octanol–water partition coefficient (Wildman–Crippen LogP) is 2.63. The minimum Gasteiger partial charge on any atom is -0.488 e. The highest BCUT2D eigenvalue weighted by Gasteiger charge is 2.14. The van der Waals surface area contributed by atoms with E-state index in [1.807, 2.05) is 33.0 Å². The highest BCUT2D eigenvalue weighted by atomic mass is 35.5. The van der Waals surface area contributed by atoms with E-state index < -0.39 is 0 Å². The number of benzene rings is 1. The largest absolute Gasteiger partial charge is 0.488 e. The molecule has 2 rings (SSSR count). The van der Waals surface area contributed by atoms with E-state index in [1.165, 1.54) is 0 Å². The summed E-state index contributed by atoms with van der Waals surface area (Å²) in [6.07, 6.45) is 0.879. The fraction of sp³-hybridized carbons (Fsp3) is 0.412. The SMILES string of the molecule is CNCCCNC(=O)c1ccccc1OCc1c(C)noc1C.Cl. The number of hydrogen-bond donors (Lipinski definition) is 2. The number of aryl methyl sites for hydroxylation is 2. The number of nitrogens with one attached hydrogen (secondary N) is 2. The normalized spacial score (nSPS) is 10.1. The van der Waals surface area contributed by atoms with Gasteiger partial charge in [-0.1, -0.05) is 17.3 Å². The zero-order valence-corrected chi connectivity index (χ0v) is 15.0. The van der Waals surface area contributed by atoms with Crippen LogP contribution in [0.15, 0.2) is 28.8 Å². The van der Waals surface area contributed by atoms with Crippen molar-refractivity contribution >= 4 is 18.3 Å². The molecule has 1 heterocycles. The molecular weight excluding hydrogens is 330 g/mol. The molecule has 0 bridgehead atoms. The average molecular weight is 354 g/mol. The molecule has 2 aromatic rings. The number of nitrogens with zero attached hydrogens (tertiary/aromatic N) is 1. The van der Waals surface area contributed by atoms with Gasteiger partial charge in [0.2, 0.25) is 0 Å². The first-order chi connectivity index (χ1) is 11.1. The lowest BCUT2D eigenvalue weighted by Crippen LogP contribution is -2.27. The summed E-state index contributed by atoms with van der Waals surface area (Å²) in [6, 6.07) is 7.22. The van der Waals surface area contributed by atoms with Crippen molar-refractivity contribution in [1.82, 2.24) is 15.8 Å². The van der Waals surface area contributed by atoms with Gasteiger partial charge >= 0.3 is 0 Å². The summed E-state index contributed by atoms with van der Waals surface area (Å²) >= 11 is 0. The van der Waals surface area contributed by atoms with Crippen molar-refractivity contribution in [2.24, 2.45) is 0 Å². The Balaban J connectivity index is 0.00000288. The smallest absolute Gasteiger partial charge is 0.255 e. The first-order valence-electron chi connectivity index (χ1n) is 7.70. The molecule has 1 aromatic heterocycles. The monoisotopic (exact) mass is 353 g/mol. The lowest BCUT2D eigenvalue weighted by Gasteiger charge is -2.11. The average Bonchev–Trinajstić information content (AvgIpc) is 2.88. The molecule has 0 saturated carbocycles. The van der Waals surface area contributed by atoms with Crippen LogP contribution in [0.4, 0.5) is 0 Å². The van der Waals surface area contributed by atoms with E-state index in [-0.39, 0.29) is 18.3 Å². The maximum Gasteiger partial charge on any atom is 0.255 e. The van der Waals surface area contributed by atoms with Gasteiger partial charge in [0.05, 0.1) is 16.8 Å². The summed E-state index contributed by atoms with van der Waals surface area (Å²) in [5.74, 6) is 1.16. The lowest BCUT2D eigenvalue weighted by atomic mass is 10.1. The second kappa shape index (κ2) is 9.95. The Hall–Kier alpha value is -2.05. The fourth-order valence-corrected chi connectivity index (χ4v) is 2.20. The zero-order chi connectivity index (χ0) is 16.7. The molecule has 0 saturated heterocycles. The van der Waals surface area contributed by atoms with E-state index in [0.717, 1.165) is 30.0 Å². The molecule has 0 atom stereocenters. The summed E-state index contributed by atoms with van der Waals surface area (Å²) < 4.78 is 10.9. The first-order valence-corrected chi connectivity index (χ1v) is 7.70. The quantitative estimate of drug-likeness (QED) is 0.713. The Morgan fingerprint density at radius 1 is 1.25 bits per heavy atom. The van der Waals surface area contributed by atoms with Crippen LogP contribution < -0.4 is 15.4 Å². The van der Waals surface area contributed by atoms with Crippen LogP contribution >= 0.6 is 12.4 Å². The van der Waals surface area contributed by atoms with Gasteiger partial charge in [-0.05, 0) is 46.0 Å². The third kappa shape index (κ3) is 5.25. The number of hydrogen-bond acceptors (Lipinski definition) is 5. The second-order valence-corrected chi connectivity index (χ2v) is 5.30. The number of carbonyl (C=O) groups is 1. The van der Waals surface area contributed by atoms with Crippen LogP contribution in [0, 0.1) is 13.8 Å². The summed E-state index contributed by atoms with van der Waals surface area (Å²) in [5, 5.41) is 9.85. The highest BCUT2D eigenvalue weighted by Crippen LogP contribution is 2.21. The summed E-state index contributed by atoms with van der Waals surface area (Å²) in [4.78, 5) is 12.3. The summed E-state index contributed by atoms with van der Waals surface area (Å²) in [5.41, 5.74) is 2.24. The first kappa shape index (κ1) is 20.0. The fourth-order valence-electron chi connectivity index (χ4n) is 2.20. The number of halogens is 1. The molecule has 1 amide bonds. The molecule has 0 aliphatic rings. The Morgan fingerprint density at radius 2 is 2.00 bits per heavy atom. The molecule has 0 unspecified atom stereocenters. The highest BCUT2D eigenvalue weighted by molar-refractivity contribution is 5.96. The van der Waals surface area contributed by atoms with Gasteiger partial charge < -0.3 is 19.9 Å². The van der Waals surface area contributed by atoms with E-state index in [9.17, 15) is 4.79 Å². The minimum absolute atomic E-state index is 0. The molecule has 7 heteroatoms. The Kier molecular flexibility index (Phi) is 8.29. The number of aromatic nitrogens is 1. The molecule has 0 spiro atoms. The maximum atomic E-state index is 12.3. The van der Waals surface area contributed by atoms with Crippen molar-refractivity contribution in [3.8, 4) is 5.75 Å². The van der Waals surface area contributed by atoms with Crippen LogP contribution in [0.25, 0.3) is 0 Å². The van der Waals surface area contributed by atoms with Gasteiger partial charge in [-0.2, -0.15) is 0 Å². The van der Waals surface area contributed by atoms with Gasteiger partial charge in [-0.3, -0.25) is 4.79 Å². The number of ether oxygens (including phenoxy) is 1. The standard InChI is InChI=1S/C17H23N3O3.ClH/c1-12-15(13(2)23-20-12)11-22-16-8-5-4-7-14(16)17(21)19-10-6-9-18-3;/h4-5,7-8,18H,6,9-11H2,1-3H3,(H,19,21);1H. The lowest BCUT2D eigenvalue weighted by molar-refractivity contribution is 0.0948. The van der Waals surface area contributed by atoms with Crippen molar-refractivity contribution in [3.05, 3.63) is 46.8 Å². The zero-order valence-electron chi connectivity index (χ0n) is 14.2. The van der Waals surface area contributed by atoms with Gasteiger partial charge in [0.15, 0.2) is 0 Å². The van der Waals surface area contributed by atoms with Crippen molar-refractivity contribution < 1.29 is 14.1 Å². The van der Waals surface area contributed by atoms with Crippen molar-refractivity contribution in [3.63, 3.8) is 0 Å². The van der Waals surface area contributed by atoms with Gasteiger partial charge in [-0.25, -0.2) is 0 Å². The van der Waals surface area contributed by atoms with E-state index in [2.05, 4.69) is 15.8 Å². The molecule has 0 aliphatic carbocycles. The van der Waals surface area contributed by atoms with Gasteiger partial charge in [0.1, 0.15) is 18.1 Å². The number of rotatable bonds is 8. The topological polar surface area (TPSA) is 76.4 Å². The van der Waals surface area contributed by atoms with E-state index >= 15 is 0 Å². The van der Waals surface area contributed by atoms with Crippen LogP contribution in [-0.4, -0.2) is 31.2 Å². The van der Waals surface area contributed by atoms with E-state index in [0.29, 0.717) is 24.5 Å². The van der Waals surface area contributed by atoms with Crippen LogP contribution in [-0.2, 0) is 6.61 Å². The van der Waals surface area contributed by atoms with Crippen LogP contribution in [0.5, 0.6) is 5.75 Å². The minimum atomic E-state index is -0.129. The Labute approximate surface area is 148 Å². The van der Waals surface area contributed by atoms with Gasteiger partial charge in [0, 0.05) is 6.54 Å². The summed E-state index contributed by atoms with van der Waals surface area (Å²) in [7, 11) is 1.89. The Bertz CT molecular complexity index is 639. The van der Waals surface area contributed by atoms with Crippen LogP contribution in [0.3, 0.4) is 0 Å². The maximum absolute atomic E-state index is 12.3. The van der Waals surface area contributed by atoms with Crippen molar-refractivity contribution in [2.45, 2.75) is 26.9 Å². The van der Waals surface area contributed by atoms with Gasteiger partial charge in [-0.15, -0.1) is 12.4 Å².